The van der Waals surface area contributed by atoms with Gasteiger partial charge in [-0.05, 0) is 58.7 Å². The van der Waals surface area contributed by atoms with Gasteiger partial charge in [0.25, 0.3) is 0 Å². The predicted molar refractivity (Wildman–Crippen MR) is 204 cm³/mol. The van der Waals surface area contributed by atoms with Crippen LogP contribution in [-0.4, -0.2) is 32.3 Å². The fraction of sp³-hybridized carbons (Fsp3) is 0.0444. The number of Topliss-reactive ketones (excluding diaryl/α,β-unsaturated/α-hetero) is 1. The molecule has 2 N–H and O–H groups in total. The van der Waals surface area contributed by atoms with E-state index in [-0.39, 0.29) is 12.4 Å². The van der Waals surface area contributed by atoms with Crippen LogP contribution in [0, 0.1) is 0 Å². The Hall–Kier alpha value is -6.63. The molecule has 1 spiro atoms. The summed E-state index contributed by atoms with van der Waals surface area (Å²) in [4.78, 5) is 32.8. The Kier molecular flexibility index (Phi) is 6.59. The fourth-order valence-corrected chi connectivity index (χ4v) is 7.48. The van der Waals surface area contributed by atoms with Gasteiger partial charge >= 0.3 is 0 Å². The Bertz CT molecular complexity index is 2690. The SMILES string of the molecule is O=C1c2nc(c(-c3ccccc3)c3ccc([nH]3)c(-c3ccccc3)c3ccc([nH]3)c(-c3ccccc3)c3nc(c2-c2ccccc2)C=C3)C12CO2. The number of hydrogen-bond donors (Lipinski definition) is 2. The standard InChI is InChI=1S/C45H30N4O2/c50-44-42-40(30-17-9-3-10-18-30)36-25-23-34(47-36)38(28-13-5-1-6-14-28)32-21-22-33(46-32)39(29-15-7-2-8-16-29)35-24-26-37(48-35)41(31-19-11-4-12-20-31)43(49-42)45(44)27-51-45/h1-26,46,48H,27H2. The van der Waals surface area contributed by atoms with Crippen LogP contribution in [0.3, 0.4) is 0 Å². The number of carbonyl (C=O) groups is 1. The number of fused-ring (bicyclic) bond motifs is 9. The second-order valence-electron chi connectivity index (χ2n) is 13.0. The Labute approximate surface area is 293 Å². The molecule has 6 heteroatoms. The van der Waals surface area contributed by atoms with Gasteiger partial charge in [-0.3, -0.25) is 4.79 Å². The van der Waals surface area contributed by atoms with Gasteiger partial charge in [0.1, 0.15) is 5.69 Å². The van der Waals surface area contributed by atoms with Crippen LogP contribution in [0.5, 0.6) is 0 Å². The summed E-state index contributed by atoms with van der Waals surface area (Å²) in [6, 6.07) is 49.2. The van der Waals surface area contributed by atoms with Crippen molar-refractivity contribution in [3.63, 3.8) is 0 Å². The molecule has 6 nitrogen and oxygen atoms in total. The molecule has 4 aromatic carbocycles. The largest absolute Gasteiger partial charge is 0.354 e. The average Bonchev–Trinajstić information content (AvgIpc) is 3.52. The first-order valence-corrected chi connectivity index (χ1v) is 17.1. The molecule has 1 fully saturated rings. The molecule has 1 unspecified atom stereocenters. The molecule has 3 aliphatic heterocycles. The number of ether oxygens (including phenoxy) is 1. The second-order valence-corrected chi connectivity index (χ2v) is 13.0. The first-order chi connectivity index (χ1) is 25.2. The summed E-state index contributed by atoms with van der Waals surface area (Å²) < 4.78 is 6.15. The molecule has 7 aromatic rings. The number of hydrogen-bond acceptors (Lipinski definition) is 4. The number of H-pyrrole nitrogens is 2. The molecule has 1 saturated heterocycles. The van der Waals surface area contributed by atoms with Crippen molar-refractivity contribution in [3.8, 4) is 44.5 Å². The van der Waals surface area contributed by atoms with Crippen molar-refractivity contribution >= 4 is 40.0 Å². The van der Waals surface area contributed by atoms with Crippen LogP contribution in [0.15, 0.2) is 146 Å². The lowest BCUT2D eigenvalue weighted by molar-refractivity contribution is 0.0884. The zero-order valence-electron chi connectivity index (χ0n) is 27.4. The number of rotatable bonds is 4. The Morgan fingerprint density at radius 3 is 1.35 bits per heavy atom. The van der Waals surface area contributed by atoms with Crippen molar-refractivity contribution in [2.75, 3.05) is 6.61 Å². The minimum atomic E-state index is -1.17. The number of epoxide rings is 1. The Morgan fingerprint density at radius 2 is 0.863 bits per heavy atom. The third kappa shape index (κ3) is 4.72. The van der Waals surface area contributed by atoms with Gasteiger partial charge in [-0.25, -0.2) is 9.97 Å². The van der Waals surface area contributed by atoms with Gasteiger partial charge in [-0.15, -0.1) is 0 Å². The number of aromatic nitrogens is 4. The molecule has 0 amide bonds. The van der Waals surface area contributed by atoms with E-state index in [1.165, 1.54) is 0 Å². The van der Waals surface area contributed by atoms with Crippen LogP contribution in [-0.2, 0) is 10.3 Å². The van der Waals surface area contributed by atoms with Gasteiger partial charge in [-0.1, -0.05) is 121 Å². The van der Waals surface area contributed by atoms with Gasteiger partial charge in [0.05, 0.1) is 23.7 Å². The first-order valence-electron chi connectivity index (χ1n) is 17.1. The minimum Gasteiger partial charge on any atom is -0.354 e. The fourth-order valence-electron chi connectivity index (χ4n) is 7.48. The van der Waals surface area contributed by atoms with Crippen LogP contribution in [0.4, 0.5) is 0 Å². The zero-order valence-corrected chi connectivity index (χ0v) is 27.4. The molecule has 8 bridgehead atoms. The molecule has 3 aliphatic rings. The van der Waals surface area contributed by atoms with E-state index in [4.69, 9.17) is 14.7 Å². The van der Waals surface area contributed by atoms with Crippen molar-refractivity contribution in [3.05, 3.63) is 168 Å². The summed E-state index contributed by atoms with van der Waals surface area (Å²) >= 11 is 0. The minimum absolute atomic E-state index is 0.150. The quantitative estimate of drug-likeness (QED) is 0.184. The number of carbonyl (C=O) groups excluding carboxylic acids is 1. The van der Waals surface area contributed by atoms with Gasteiger partial charge in [-0.2, -0.15) is 0 Å². The highest BCUT2D eigenvalue weighted by Crippen LogP contribution is 2.50. The molecular formula is C45H30N4O2. The van der Waals surface area contributed by atoms with Crippen LogP contribution in [0.1, 0.15) is 27.6 Å². The number of benzene rings is 4. The van der Waals surface area contributed by atoms with E-state index >= 15 is 0 Å². The Balaban J connectivity index is 1.43. The van der Waals surface area contributed by atoms with E-state index in [2.05, 4.69) is 82.8 Å². The van der Waals surface area contributed by atoms with Gasteiger partial charge in [0, 0.05) is 44.3 Å². The number of ketones is 1. The molecule has 6 heterocycles. The number of nitrogens with zero attached hydrogens (tertiary/aromatic N) is 2. The number of nitrogens with one attached hydrogen (secondary N) is 2. The van der Waals surface area contributed by atoms with E-state index in [9.17, 15) is 4.79 Å². The molecule has 0 saturated carbocycles. The maximum atomic E-state index is 14.7. The lowest BCUT2D eigenvalue weighted by atomic mass is 9.92. The second kappa shape index (κ2) is 11.5. The van der Waals surface area contributed by atoms with E-state index in [0.717, 1.165) is 66.7 Å². The molecule has 0 radical (unpaired) electrons. The molecule has 51 heavy (non-hydrogen) atoms. The first kappa shape index (κ1) is 29.3. The van der Waals surface area contributed by atoms with Crippen LogP contribution in [0.2, 0.25) is 0 Å². The maximum Gasteiger partial charge on any atom is 0.222 e. The smallest absolute Gasteiger partial charge is 0.222 e. The highest BCUT2D eigenvalue weighted by molar-refractivity contribution is 6.12. The molecule has 1 atom stereocenters. The lowest BCUT2D eigenvalue weighted by Crippen LogP contribution is -2.17. The van der Waals surface area contributed by atoms with E-state index < -0.39 is 5.60 Å². The van der Waals surface area contributed by atoms with Crippen molar-refractivity contribution < 1.29 is 9.53 Å². The van der Waals surface area contributed by atoms with Gasteiger partial charge in [0.15, 0.2) is 5.60 Å². The summed E-state index contributed by atoms with van der Waals surface area (Å²) in [6.45, 7) is 0.262. The monoisotopic (exact) mass is 658 g/mol. The third-order valence-electron chi connectivity index (χ3n) is 9.95. The number of aromatic amines is 2. The molecule has 242 valence electrons. The van der Waals surface area contributed by atoms with Crippen LogP contribution >= 0.6 is 0 Å². The lowest BCUT2D eigenvalue weighted by Gasteiger charge is -2.08. The Morgan fingerprint density at radius 1 is 0.471 bits per heavy atom. The van der Waals surface area contributed by atoms with Crippen LogP contribution in [0.25, 0.3) is 78.7 Å². The summed E-state index contributed by atoms with van der Waals surface area (Å²) in [7, 11) is 0. The summed E-state index contributed by atoms with van der Waals surface area (Å²) in [5, 5.41) is 0. The summed E-state index contributed by atoms with van der Waals surface area (Å²) in [6.07, 6.45) is 4.03. The van der Waals surface area contributed by atoms with E-state index in [0.29, 0.717) is 22.6 Å². The zero-order chi connectivity index (χ0) is 33.9. The maximum absolute atomic E-state index is 14.7. The van der Waals surface area contributed by atoms with Crippen molar-refractivity contribution in [2.45, 2.75) is 5.60 Å². The summed E-state index contributed by atoms with van der Waals surface area (Å²) in [5.74, 6) is -0.150. The van der Waals surface area contributed by atoms with E-state index in [1.54, 1.807) is 0 Å². The normalized spacial score (nSPS) is 16.1. The summed E-state index contributed by atoms with van der Waals surface area (Å²) in [5.41, 5.74) is 12.3. The van der Waals surface area contributed by atoms with Crippen molar-refractivity contribution in [1.82, 2.24) is 19.9 Å². The highest BCUT2D eigenvalue weighted by atomic mass is 16.6. The molecule has 10 rings (SSSR count). The molecule has 0 aliphatic carbocycles. The third-order valence-corrected chi connectivity index (χ3v) is 9.95. The van der Waals surface area contributed by atoms with Gasteiger partial charge < -0.3 is 14.7 Å². The topological polar surface area (TPSA) is 87.0 Å². The average molecular weight is 659 g/mol. The highest BCUT2D eigenvalue weighted by Gasteiger charge is 2.60. The van der Waals surface area contributed by atoms with Gasteiger partial charge in [0.2, 0.25) is 5.78 Å². The van der Waals surface area contributed by atoms with Crippen LogP contribution < -0.4 is 0 Å². The molecule has 3 aromatic heterocycles. The molecular weight excluding hydrogens is 629 g/mol. The van der Waals surface area contributed by atoms with E-state index in [1.807, 2.05) is 84.9 Å². The van der Waals surface area contributed by atoms with Crippen molar-refractivity contribution in [2.24, 2.45) is 0 Å². The predicted octanol–water partition coefficient (Wildman–Crippen LogP) is 10.3. The van der Waals surface area contributed by atoms with Crippen molar-refractivity contribution in [1.29, 1.82) is 0 Å².